The van der Waals surface area contributed by atoms with Crippen LogP contribution in [0.2, 0.25) is 0 Å². The van der Waals surface area contributed by atoms with Crippen LogP contribution in [0.15, 0.2) is 42.5 Å². The lowest BCUT2D eigenvalue weighted by Gasteiger charge is -2.25. The van der Waals surface area contributed by atoms with Crippen molar-refractivity contribution in [3.8, 4) is 0 Å². The topological polar surface area (TPSA) is 49.3 Å². The summed E-state index contributed by atoms with van der Waals surface area (Å²) in [5, 5.41) is 12.5. The van der Waals surface area contributed by atoms with Crippen LogP contribution in [0, 0.1) is 5.92 Å². The molecule has 0 heterocycles. The molecule has 2 atom stereocenters. The molecule has 3 heteroatoms. The van der Waals surface area contributed by atoms with Gasteiger partial charge in [0.1, 0.15) is 0 Å². The zero-order valence-electron chi connectivity index (χ0n) is 11.3. The summed E-state index contributed by atoms with van der Waals surface area (Å²) in [4.78, 5) is 12.1. The van der Waals surface area contributed by atoms with Gasteiger partial charge in [-0.05, 0) is 18.4 Å². The van der Waals surface area contributed by atoms with E-state index in [4.69, 9.17) is 0 Å². The van der Waals surface area contributed by atoms with Gasteiger partial charge >= 0.3 is 0 Å². The molecule has 0 fully saturated rings. The number of carbonyl (C=O) groups is 1. The Bertz CT molecular complexity index is 433. The molecular formula is C16H21NO2. The number of hydrogen-bond donors (Lipinski definition) is 2. The minimum absolute atomic E-state index is 0.0389. The van der Waals surface area contributed by atoms with Crippen molar-refractivity contribution in [2.75, 3.05) is 6.61 Å². The molecule has 1 aromatic rings. The molecule has 0 aliphatic heterocycles. The standard InChI is InChI=1S/C16H21NO2/c1-12(13-7-3-2-4-8-13)15(11-18)17-16(19)14-9-5-6-10-14/h2-8,12,14-15,18H,9-11H2,1H3,(H,17,19)/t12-,15+/m0/s1. The minimum atomic E-state index is -0.226. The third-order valence-electron chi connectivity index (χ3n) is 3.83. The number of benzene rings is 1. The van der Waals surface area contributed by atoms with Gasteiger partial charge in [0.2, 0.25) is 5.91 Å². The minimum Gasteiger partial charge on any atom is -0.394 e. The van der Waals surface area contributed by atoms with E-state index in [1.54, 1.807) is 0 Å². The van der Waals surface area contributed by atoms with E-state index < -0.39 is 0 Å². The zero-order valence-corrected chi connectivity index (χ0v) is 11.3. The van der Waals surface area contributed by atoms with Crippen LogP contribution in [-0.2, 0) is 4.79 Å². The Morgan fingerprint density at radius 3 is 2.53 bits per heavy atom. The van der Waals surface area contributed by atoms with Gasteiger partial charge in [0.05, 0.1) is 12.6 Å². The molecule has 1 aliphatic rings. The second-order valence-corrected chi connectivity index (χ2v) is 5.14. The van der Waals surface area contributed by atoms with Crippen molar-refractivity contribution >= 4 is 5.91 Å². The third kappa shape index (κ3) is 3.44. The quantitative estimate of drug-likeness (QED) is 0.797. The average molecular weight is 259 g/mol. The van der Waals surface area contributed by atoms with Crippen LogP contribution in [0.5, 0.6) is 0 Å². The van der Waals surface area contributed by atoms with Crippen molar-refractivity contribution in [2.45, 2.75) is 31.7 Å². The van der Waals surface area contributed by atoms with Crippen LogP contribution in [0.1, 0.15) is 31.2 Å². The van der Waals surface area contributed by atoms with E-state index in [-0.39, 0.29) is 30.4 Å². The summed E-state index contributed by atoms with van der Waals surface area (Å²) in [6, 6.07) is 9.74. The normalized spacial score (nSPS) is 18.2. The summed E-state index contributed by atoms with van der Waals surface area (Å²) in [7, 11) is 0. The van der Waals surface area contributed by atoms with E-state index in [1.165, 1.54) is 0 Å². The van der Waals surface area contributed by atoms with Crippen molar-refractivity contribution in [3.63, 3.8) is 0 Å². The maximum atomic E-state index is 12.1. The Morgan fingerprint density at radius 2 is 1.95 bits per heavy atom. The molecule has 3 nitrogen and oxygen atoms in total. The van der Waals surface area contributed by atoms with E-state index in [1.807, 2.05) is 49.4 Å². The number of aliphatic hydroxyl groups excluding tert-OH is 1. The third-order valence-corrected chi connectivity index (χ3v) is 3.83. The van der Waals surface area contributed by atoms with Gasteiger partial charge in [-0.3, -0.25) is 4.79 Å². The molecule has 1 aliphatic carbocycles. The van der Waals surface area contributed by atoms with Crippen LogP contribution in [0.4, 0.5) is 0 Å². The Balaban J connectivity index is 1.97. The number of amides is 1. The Morgan fingerprint density at radius 1 is 1.32 bits per heavy atom. The maximum absolute atomic E-state index is 12.1. The molecule has 0 saturated heterocycles. The smallest absolute Gasteiger partial charge is 0.224 e. The summed E-state index contributed by atoms with van der Waals surface area (Å²) in [5.74, 6) is 0.188. The first-order valence-corrected chi connectivity index (χ1v) is 6.83. The van der Waals surface area contributed by atoms with Gasteiger partial charge in [0.25, 0.3) is 0 Å². The monoisotopic (exact) mass is 259 g/mol. The largest absolute Gasteiger partial charge is 0.394 e. The van der Waals surface area contributed by atoms with Gasteiger partial charge in [-0.15, -0.1) is 0 Å². The molecule has 2 rings (SSSR count). The molecule has 0 bridgehead atoms. The molecule has 102 valence electrons. The van der Waals surface area contributed by atoms with Crippen LogP contribution < -0.4 is 5.32 Å². The summed E-state index contributed by atoms with van der Waals surface area (Å²) >= 11 is 0. The Hall–Kier alpha value is -1.61. The fourth-order valence-corrected chi connectivity index (χ4v) is 2.45. The van der Waals surface area contributed by atoms with Gasteiger partial charge in [-0.25, -0.2) is 0 Å². The summed E-state index contributed by atoms with van der Waals surface area (Å²) in [6.45, 7) is 1.99. The molecule has 19 heavy (non-hydrogen) atoms. The molecule has 0 unspecified atom stereocenters. The van der Waals surface area contributed by atoms with Crippen molar-refractivity contribution in [1.29, 1.82) is 0 Å². The SMILES string of the molecule is C[C@@H](c1ccccc1)[C@@H](CO)NC(=O)C1CC=CC1. The average Bonchev–Trinajstić information content (AvgIpc) is 2.99. The van der Waals surface area contributed by atoms with Crippen LogP contribution in [0.25, 0.3) is 0 Å². The highest BCUT2D eigenvalue weighted by Crippen LogP contribution is 2.21. The fraction of sp³-hybridized carbons (Fsp3) is 0.438. The number of aliphatic hydroxyl groups is 1. The first kappa shape index (κ1) is 13.8. The van der Waals surface area contributed by atoms with E-state index in [2.05, 4.69) is 5.32 Å². The fourth-order valence-electron chi connectivity index (χ4n) is 2.45. The number of nitrogens with one attached hydrogen (secondary N) is 1. The van der Waals surface area contributed by atoms with Crippen LogP contribution in [-0.4, -0.2) is 23.7 Å². The molecule has 0 saturated carbocycles. The Labute approximate surface area is 114 Å². The van der Waals surface area contributed by atoms with Gasteiger partial charge in [-0.2, -0.15) is 0 Å². The molecule has 2 N–H and O–H groups in total. The number of allylic oxidation sites excluding steroid dienone is 2. The van der Waals surface area contributed by atoms with Crippen molar-refractivity contribution in [3.05, 3.63) is 48.0 Å². The van der Waals surface area contributed by atoms with Gasteiger partial charge in [0.15, 0.2) is 0 Å². The van der Waals surface area contributed by atoms with Gasteiger partial charge in [-0.1, -0.05) is 49.4 Å². The molecule has 0 spiro atoms. The lowest BCUT2D eigenvalue weighted by molar-refractivity contribution is -0.125. The predicted molar refractivity (Wildman–Crippen MR) is 75.7 cm³/mol. The number of carbonyl (C=O) groups excluding carboxylic acids is 1. The lowest BCUT2D eigenvalue weighted by Crippen LogP contribution is -2.43. The van der Waals surface area contributed by atoms with Crippen LogP contribution >= 0.6 is 0 Å². The summed E-state index contributed by atoms with van der Waals surface area (Å²) < 4.78 is 0. The highest BCUT2D eigenvalue weighted by atomic mass is 16.3. The molecule has 1 amide bonds. The molecule has 0 aromatic heterocycles. The van der Waals surface area contributed by atoms with Crippen molar-refractivity contribution in [1.82, 2.24) is 5.32 Å². The van der Waals surface area contributed by atoms with Crippen molar-refractivity contribution in [2.24, 2.45) is 5.92 Å². The Kier molecular flexibility index (Phi) is 4.74. The molecule has 1 aromatic carbocycles. The van der Waals surface area contributed by atoms with Gasteiger partial charge < -0.3 is 10.4 Å². The van der Waals surface area contributed by atoms with E-state index in [0.29, 0.717) is 0 Å². The first-order chi connectivity index (χ1) is 9.22. The lowest BCUT2D eigenvalue weighted by atomic mass is 9.93. The van der Waals surface area contributed by atoms with E-state index in [9.17, 15) is 9.90 Å². The van der Waals surface area contributed by atoms with Crippen molar-refractivity contribution < 1.29 is 9.90 Å². The zero-order chi connectivity index (χ0) is 13.7. The summed E-state index contributed by atoms with van der Waals surface area (Å²) in [5.41, 5.74) is 1.13. The molecular weight excluding hydrogens is 238 g/mol. The van der Waals surface area contributed by atoms with E-state index in [0.717, 1.165) is 18.4 Å². The van der Waals surface area contributed by atoms with E-state index >= 15 is 0 Å². The highest BCUT2D eigenvalue weighted by Gasteiger charge is 2.25. The van der Waals surface area contributed by atoms with Gasteiger partial charge in [0, 0.05) is 11.8 Å². The number of hydrogen-bond acceptors (Lipinski definition) is 2. The second-order valence-electron chi connectivity index (χ2n) is 5.14. The first-order valence-electron chi connectivity index (χ1n) is 6.83. The summed E-state index contributed by atoms with van der Waals surface area (Å²) in [6.07, 6.45) is 5.70. The number of rotatable bonds is 5. The predicted octanol–water partition coefficient (Wildman–Crippen LogP) is 2.23. The highest BCUT2D eigenvalue weighted by molar-refractivity contribution is 5.79. The van der Waals surface area contributed by atoms with Crippen LogP contribution in [0.3, 0.4) is 0 Å². The maximum Gasteiger partial charge on any atom is 0.224 e. The molecule has 0 radical (unpaired) electrons. The second kappa shape index (κ2) is 6.53.